The fourth-order valence-electron chi connectivity index (χ4n) is 11.0. The Morgan fingerprint density at radius 3 is 1.44 bits per heavy atom. The molecular weight excluding hydrogens is 911 g/mol. The topological polar surface area (TPSA) is 74.3 Å². The van der Waals surface area contributed by atoms with Crippen LogP contribution >= 0.6 is 11.3 Å². The van der Waals surface area contributed by atoms with E-state index in [2.05, 4.69) is 179 Å². The lowest BCUT2D eigenvalue weighted by atomic mass is 9.99. The van der Waals surface area contributed by atoms with Crippen LogP contribution < -0.4 is 0 Å². The van der Waals surface area contributed by atoms with Crippen molar-refractivity contribution in [1.82, 2.24) is 34.1 Å². The second kappa shape index (κ2) is 16.5. The first kappa shape index (κ1) is 41.2. The highest BCUT2D eigenvalue weighted by Crippen LogP contribution is 2.52. The lowest BCUT2D eigenvalue weighted by molar-refractivity contribution is 1.06. The van der Waals surface area contributed by atoms with E-state index in [4.69, 9.17) is 24.9 Å². The van der Waals surface area contributed by atoms with Gasteiger partial charge in [0.15, 0.2) is 17.5 Å². The summed E-state index contributed by atoms with van der Waals surface area (Å²) in [6, 6.07) is 82.9. The van der Waals surface area contributed by atoms with Crippen molar-refractivity contribution in [2.45, 2.75) is 0 Å². The largest absolute Gasteiger partial charge is 0.308 e. The molecule has 0 unspecified atom stereocenters. The SMILES string of the molecule is c1ccc(-c2nc(-c3ccccc3)nc(-c3cc(-c4nc5ccccc5nc4-c4ccccc4)ccc3-n3c4ccccc4c4c5sc6ccccc6c5c5c(c6ccccc6n5-c5ccccc5)c43)n2)cc1. The highest BCUT2D eigenvalue weighted by molar-refractivity contribution is 7.27. The highest BCUT2D eigenvalue weighted by atomic mass is 32.1. The van der Waals surface area contributed by atoms with Crippen LogP contribution in [0.5, 0.6) is 0 Å². The first-order valence-electron chi connectivity index (χ1n) is 24.4. The Morgan fingerprint density at radius 1 is 0.329 bits per heavy atom. The molecule has 0 saturated heterocycles. The van der Waals surface area contributed by atoms with Crippen LogP contribution in [0.25, 0.3) is 143 Å². The summed E-state index contributed by atoms with van der Waals surface area (Å²) < 4.78 is 7.45. The lowest BCUT2D eigenvalue weighted by Crippen LogP contribution is -2.05. The molecule has 8 heteroatoms. The van der Waals surface area contributed by atoms with E-state index in [1.807, 2.05) is 78.1 Å². The van der Waals surface area contributed by atoms with Crippen LogP contribution in [0, 0.1) is 0 Å². The van der Waals surface area contributed by atoms with Gasteiger partial charge in [0.1, 0.15) is 0 Å². The molecule has 0 bridgehead atoms. The number of thiophene rings is 1. The van der Waals surface area contributed by atoms with E-state index < -0.39 is 0 Å². The molecule has 15 rings (SSSR count). The second-order valence-corrected chi connectivity index (χ2v) is 19.4. The molecule has 0 radical (unpaired) electrons. The molecule has 0 fully saturated rings. The Bertz CT molecular complexity index is 4600. The number of hydrogen-bond donors (Lipinski definition) is 0. The molecule has 0 aliphatic heterocycles. The van der Waals surface area contributed by atoms with Gasteiger partial charge in [0, 0.05) is 75.2 Å². The normalized spacial score (nSPS) is 11.8. The van der Waals surface area contributed by atoms with Gasteiger partial charge in [-0.05, 0) is 54.6 Å². The molecule has 0 aliphatic rings. The van der Waals surface area contributed by atoms with Gasteiger partial charge in [-0.3, -0.25) is 0 Å². The van der Waals surface area contributed by atoms with E-state index in [9.17, 15) is 0 Å². The van der Waals surface area contributed by atoms with Crippen molar-refractivity contribution in [3.05, 3.63) is 237 Å². The van der Waals surface area contributed by atoms with E-state index >= 15 is 0 Å². The Balaban J connectivity index is 1.13. The van der Waals surface area contributed by atoms with Crippen LogP contribution in [0.4, 0.5) is 0 Å². The van der Waals surface area contributed by atoms with Crippen LogP contribution in [-0.2, 0) is 0 Å². The fraction of sp³-hybridized carbons (Fsp3) is 0. The fourth-order valence-corrected chi connectivity index (χ4v) is 12.2. The van der Waals surface area contributed by atoms with Crippen molar-refractivity contribution in [3.63, 3.8) is 0 Å². The van der Waals surface area contributed by atoms with Crippen molar-refractivity contribution in [2.75, 3.05) is 0 Å². The lowest BCUT2D eigenvalue weighted by Gasteiger charge is -2.18. The molecule has 73 heavy (non-hydrogen) atoms. The predicted octanol–water partition coefficient (Wildman–Crippen LogP) is 16.7. The van der Waals surface area contributed by atoms with Crippen LogP contribution in [0.15, 0.2) is 237 Å². The smallest absolute Gasteiger partial charge is 0.166 e. The Hall–Kier alpha value is -9.63. The zero-order valence-electron chi connectivity index (χ0n) is 39.1. The number of hydrogen-bond acceptors (Lipinski definition) is 6. The molecule has 0 atom stereocenters. The zero-order chi connectivity index (χ0) is 48.0. The number of benzene rings is 10. The van der Waals surface area contributed by atoms with Crippen molar-refractivity contribution >= 4 is 86.2 Å². The molecule has 15 aromatic rings. The average Bonchev–Trinajstić information content (AvgIpc) is 4.14. The van der Waals surface area contributed by atoms with Crippen LogP contribution in [-0.4, -0.2) is 34.1 Å². The molecule has 0 N–H and O–H groups in total. The van der Waals surface area contributed by atoms with Gasteiger partial charge in [0.25, 0.3) is 0 Å². The number of fused-ring (bicyclic) bond motifs is 13. The summed E-state index contributed by atoms with van der Waals surface area (Å²) in [5.41, 5.74) is 14.2. The summed E-state index contributed by atoms with van der Waals surface area (Å²) in [5.74, 6) is 1.70. The van der Waals surface area contributed by atoms with Gasteiger partial charge in [-0.25, -0.2) is 24.9 Å². The van der Waals surface area contributed by atoms with E-state index in [-0.39, 0.29) is 0 Å². The number of nitrogens with zero attached hydrogens (tertiary/aromatic N) is 7. The van der Waals surface area contributed by atoms with E-state index in [0.717, 1.165) is 78.2 Å². The summed E-state index contributed by atoms with van der Waals surface area (Å²) in [6.45, 7) is 0. The third-order valence-electron chi connectivity index (χ3n) is 14.1. The molecule has 340 valence electrons. The van der Waals surface area contributed by atoms with Crippen LogP contribution in [0.3, 0.4) is 0 Å². The van der Waals surface area contributed by atoms with Crippen molar-refractivity contribution in [3.8, 4) is 68.1 Å². The van der Waals surface area contributed by atoms with Crippen LogP contribution in [0.1, 0.15) is 0 Å². The Morgan fingerprint density at radius 2 is 0.795 bits per heavy atom. The predicted molar refractivity (Wildman–Crippen MR) is 302 cm³/mol. The number of para-hydroxylation sites is 5. The van der Waals surface area contributed by atoms with E-state index in [1.165, 1.54) is 47.2 Å². The minimum atomic E-state index is 0.538. The molecule has 5 heterocycles. The summed E-state index contributed by atoms with van der Waals surface area (Å²) >= 11 is 1.87. The Kier molecular flexibility index (Phi) is 9.30. The zero-order valence-corrected chi connectivity index (χ0v) is 39.9. The average molecular weight is 950 g/mol. The van der Waals surface area contributed by atoms with Gasteiger partial charge in [0.2, 0.25) is 0 Å². The minimum absolute atomic E-state index is 0.538. The van der Waals surface area contributed by atoms with Crippen molar-refractivity contribution in [1.29, 1.82) is 0 Å². The standard InChI is InChI=1S/C65H39N7S/c1-5-21-40(22-6-1)58-59(67-50-33-17-16-32-49(50)66-58)43-37-38-53(48(39-43)65-69-63(41-23-7-2-8-24-41)68-64(70-65)42-25-9-3-10-26-42)72-52-35-19-14-30-46(52)56-61(72)55-45-29-13-18-34-51(45)71(44-27-11-4-12-28-44)60(55)57-47-31-15-20-36-54(47)73-62(56)57/h1-39H. The number of rotatable bonds is 7. The first-order chi connectivity index (χ1) is 36.2. The molecule has 0 spiro atoms. The molecule has 10 aromatic carbocycles. The first-order valence-corrected chi connectivity index (χ1v) is 25.2. The van der Waals surface area contributed by atoms with Crippen molar-refractivity contribution < 1.29 is 0 Å². The maximum absolute atomic E-state index is 5.46. The van der Waals surface area contributed by atoms with Gasteiger partial charge in [0.05, 0.1) is 50.2 Å². The maximum Gasteiger partial charge on any atom is 0.166 e. The van der Waals surface area contributed by atoms with Gasteiger partial charge in [-0.1, -0.05) is 182 Å². The monoisotopic (exact) mass is 949 g/mol. The van der Waals surface area contributed by atoms with E-state index in [0.29, 0.717) is 17.5 Å². The van der Waals surface area contributed by atoms with Gasteiger partial charge in [-0.2, -0.15) is 0 Å². The molecular formula is C65H39N7S. The van der Waals surface area contributed by atoms with Gasteiger partial charge < -0.3 is 9.13 Å². The Labute approximate surface area is 422 Å². The highest BCUT2D eigenvalue weighted by Gasteiger charge is 2.29. The summed E-state index contributed by atoms with van der Waals surface area (Å²) in [5, 5.41) is 7.22. The van der Waals surface area contributed by atoms with Gasteiger partial charge >= 0.3 is 0 Å². The molecule has 7 nitrogen and oxygen atoms in total. The van der Waals surface area contributed by atoms with Crippen LogP contribution in [0.2, 0.25) is 0 Å². The van der Waals surface area contributed by atoms with Gasteiger partial charge in [-0.15, -0.1) is 11.3 Å². The molecule has 0 amide bonds. The van der Waals surface area contributed by atoms with E-state index in [1.54, 1.807) is 0 Å². The summed E-state index contributed by atoms with van der Waals surface area (Å²) in [7, 11) is 0. The summed E-state index contributed by atoms with van der Waals surface area (Å²) in [6.07, 6.45) is 0. The third kappa shape index (κ3) is 6.47. The van der Waals surface area contributed by atoms with Crippen molar-refractivity contribution in [2.24, 2.45) is 0 Å². The second-order valence-electron chi connectivity index (χ2n) is 18.3. The summed E-state index contributed by atoms with van der Waals surface area (Å²) in [4.78, 5) is 26.8. The molecule has 5 aromatic heterocycles. The maximum atomic E-state index is 5.46. The third-order valence-corrected chi connectivity index (χ3v) is 15.3. The minimum Gasteiger partial charge on any atom is -0.308 e. The molecule has 0 saturated carbocycles. The molecule has 0 aliphatic carbocycles. The quantitative estimate of drug-likeness (QED) is 0.159. The number of aromatic nitrogens is 7.